The Morgan fingerprint density at radius 1 is 1.12 bits per heavy atom. The summed E-state index contributed by atoms with van der Waals surface area (Å²) in [6, 6.07) is 16.5. The van der Waals surface area contributed by atoms with Crippen LogP contribution in [-0.2, 0) is 26.0 Å². The van der Waals surface area contributed by atoms with Crippen LogP contribution in [0.15, 0.2) is 59.5 Å². The highest BCUT2D eigenvalue weighted by Gasteiger charge is 2.48. The lowest BCUT2D eigenvalue weighted by Crippen LogP contribution is -2.71. The molecule has 2 amide bonds. The Kier molecular flexibility index (Phi) is 6.39. The van der Waals surface area contributed by atoms with Gasteiger partial charge in [-0.15, -0.1) is 0 Å². The number of aryl methyl sites for hydroxylation is 1. The Morgan fingerprint density at radius 2 is 1.79 bits per heavy atom. The fourth-order valence-electron chi connectivity index (χ4n) is 4.36. The zero-order valence-corrected chi connectivity index (χ0v) is 19.7. The number of nitrogens with zero attached hydrogens (tertiary/aromatic N) is 2. The molecule has 0 radical (unpaired) electrons. The first-order chi connectivity index (χ1) is 16.1. The van der Waals surface area contributed by atoms with E-state index in [1.807, 2.05) is 37.3 Å². The molecule has 2 aromatic carbocycles. The van der Waals surface area contributed by atoms with Crippen LogP contribution in [0.5, 0.6) is 0 Å². The number of hydroxylamine groups is 1. The molecule has 1 fully saturated rings. The summed E-state index contributed by atoms with van der Waals surface area (Å²) in [5, 5.41) is 9.93. The number of hydrogen-bond donors (Lipinski definition) is 3. The summed E-state index contributed by atoms with van der Waals surface area (Å²) < 4.78 is 28.7. The first kappa shape index (κ1) is 23.8. The lowest BCUT2D eigenvalue weighted by atomic mass is 9.87. The first-order valence-electron chi connectivity index (χ1n) is 10.8. The Labute approximate surface area is 197 Å². The van der Waals surface area contributed by atoms with Gasteiger partial charge in [0.1, 0.15) is 0 Å². The zero-order valence-electron chi connectivity index (χ0n) is 18.9. The number of amides is 2. The molecule has 0 saturated carbocycles. The van der Waals surface area contributed by atoms with Crippen molar-refractivity contribution >= 4 is 32.7 Å². The lowest BCUT2D eigenvalue weighted by molar-refractivity contribution is -0.141. The maximum Gasteiger partial charge on any atom is 0.245 e. The van der Waals surface area contributed by atoms with E-state index in [1.54, 1.807) is 12.1 Å². The van der Waals surface area contributed by atoms with Crippen LogP contribution in [0.2, 0.25) is 0 Å². The summed E-state index contributed by atoms with van der Waals surface area (Å²) in [6.45, 7) is 3.40. The van der Waals surface area contributed by atoms with Crippen molar-refractivity contribution in [1.82, 2.24) is 20.1 Å². The number of fused-ring (bicyclic) bond motifs is 1. The maximum atomic E-state index is 13.1. The van der Waals surface area contributed by atoms with Crippen LogP contribution in [0.25, 0.3) is 10.9 Å². The van der Waals surface area contributed by atoms with Gasteiger partial charge in [-0.1, -0.05) is 30.3 Å². The molecule has 3 aromatic rings. The summed E-state index contributed by atoms with van der Waals surface area (Å²) in [4.78, 5) is 29.4. The summed E-state index contributed by atoms with van der Waals surface area (Å²) in [7, 11) is -3.97. The van der Waals surface area contributed by atoms with E-state index in [0.717, 1.165) is 27.7 Å². The van der Waals surface area contributed by atoms with Crippen LogP contribution in [0, 0.1) is 6.92 Å². The molecule has 0 aliphatic carbocycles. The van der Waals surface area contributed by atoms with Crippen LogP contribution in [0.1, 0.15) is 30.2 Å². The van der Waals surface area contributed by atoms with Crippen LogP contribution in [-0.4, -0.2) is 54.0 Å². The third kappa shape index (κ3) is 4.93. The van der Waals surface area contributed by atoms with Gasteiger partial charge in [0.15, 0.2) is 0 Å². The van der Waals surface area contributed by atoms with Crippen molar-refractivity contribution in [2.24, 2.45) is 0 Å². The highest BCUT2D eigenvalue weighted by molar-refractivity contribution is 7.89. The topological polar surface area (TPSA) is 129 Å². The molecule has 2 heterocycles. The second-order valence-electron chi connectivity index (χ2n) is 8.73. The van der Waals surface area contributed by atoms with Gasteiger partial charge in [-0.25, -0.2) is 18.6 Å². The summed E-state index contributed by atoms with van der Waals surface area (Å²) in [5.41, 5.74) is 4.22. The predicted octanol–water partition coefficient (Wildman–Crippen LogP) is 1.91. The number of sulfonamides is 1. The quantitative estimate of drug-likeness (QED) is 0.349. The zero-order chi connectivity index (χ0) is 24.5. The van der Waals surface area contributed by atoms with Gasteiger partial charge < -0.3 is 4.90 Å². The number of likely N-dealkylation sites (tertiary alicyclic amines) is 1. The van der Waals surface area contributed by atoms with Gasteiger partial charge in [0, 0.05) is 31.1 Å². The maximum absolute atomic E-state index is 13.1. The molecule has 0 spiro atoms. The van der Waals surface area contributed by atoms with E-state index in [-0.39, 0.29) is 30.3 Å². The lowest BCUT2D eigenvalue weighted by Gasteiger charge is -2.49. The average Bonchev–Trinajstić information content (AvgIpc) is 2.76. The van der Waals surface area contributed by atoms with E-state index in [2.05, 4.69) is 9.71 Å². The molecule has 1 aromatic heterocycles. The molecular weight excluding hydrogens is 456 g/mol. The summed E-state index contributed by atoms with van der Waals surface area (Å²) in [6.07, 6.45) is 0.324. The van der Waals surface area contributed by atoms with Crippen LogP contribution in [0.4, 0.5) is 0 Å². The molecule has 3 N–H and O–H groups in total. The number of nitrogens with one attached hydrogen (secondary N) is 2. The average molecular weight is 483 g/mol. The minimum atomic E-state index is -3.97. The summed E-state index contributed by atoms with van der Waals surface area (Å²) in [5.74, 6) is -0.955. The largest absolute Gasteiger partial charge is 0.339 e. The molecule has 0 bridgehead atoms. The number of para-hydroxylation sites is 1. The standard InChI is InChI=1S/C24H26N4O5S/c1-16-11-19(21-5-3-4-6-22(21)25-16)12-18-7-9-20(10-8-18)34(32,33)27-24(13-23(30)26-31)14-28(15-24)17(2)29/h3-11,27,31H,12-15H2,1-2H3,(H,26,30). The van der Waals surface area contributed by atoms with Crippen molar-refractivity contribution in [2.75, 3.05) is 13.1 Å². The first-order valence-corrected chi connectivity index (χ1v) is 12.3. The highest BCUT2D eigenvalue weighted by Crippen LogP contribution is 2.28. The highest BCUT2D eigenvalue weighted by atomic mass is 32.2. The Morgan fingerprint density at radius 3 is 2.44 bits per heavy atom. The minimum Gasteiger partial charge on any atom is -0.339 e. The SMILES string of the molecule is CC(=O)N1CC(CC(=O)NO)(NS(=O)(=O)c2ccc(Cc3cc(C)nc4ccccc34)cc2)C1. The summed E-state index contributed by atoms with van der Waals surface area (Å²) >= 11 is 0. The predicted molar refractivity (Wildman–Crippen MR) is 126 cm³/mol. The van der Waals surface area contributed by atoms with E-state index in [0.29, 0.717) is 6.42 Å². The van der Waals surface area contributed by atoms with Crippen LogP contribution < -0.4 is 10.2 Å². The number of carbonyl (C=O) groups is 2. The smallest absolute Gasteiger partial charge is 0.245 e. The molecule has 0 atom stereocenters. The van der Waals surface area contributed by atoms with Crippen molar-refractivity contribution in [3.05, 3.63) is 71.4 Å². The number of aromatic nitrogens is 1. The Hall–Kier alpha value is -3.34. The number of carbonyl (C=O) groups excluding carboxylic acids is 2. The molecule has 34 heavy (non-hydrogen) atoms. The molecule has 1 saturated heterocycles. The molecular formula is C24H26N4O5S. The third-order valence-electron chi connectivity index (χ3n) is 5.97. The van der Waals surface area contributed by atoms with Gasteiger partial charge in [0.2, 0.25) is 21.8 Å². The Bertz CT molecular complexity index is 1350. The number of benzene rings is 2. The van der Waals surface area contributed by atoms with Crippen molar-refractivity contribution in [3.63, 3.8) is 0 Å². The second-order valence-corrected chi connectivity index (χ2v) is 10.4. The third-order valence-corrected chi connectivity index (χ3v) is 7.56. The van der Waals surface area contributed by atoms with Gasteiger partial charge >= 0.3 is 0 Å². The molecule has 9 nitrogen and oxygen atoms in total. The van der Waals surface area contributed by atoms with E-state index in [1.165, 1.54) is 29.4 Å². The van der Waals surface area contributed by atoms with Gasteiger partial charge in [-0.2, -0.15) is 0 Å². The van der Waals surface area contributed by atoms with Gasteiger partial charge in [0.25, 0.3) is 0 Å². The van der Waals surface area contributed by atoms with E-state index in [4.69, 9.17) is 5.21 Å². The monoisotopic (exact) mass is 482 g/mol. The normalized spacial score (nSPS) is 15.1. The number of pyridine rings is 1. The van der Waals surface area contributed by atoms with Gasteiger partial charge in [-0.3, -0.25) is 19.8 Å². The Balaban J connectivity index is 1.54. The number of hydrogen-bond acceptors (Lipinski definition) is 6. The number of rotatable bonds is 7. The molecule has 178 valence electrons. The van der Waals surface area contributed by atoms with Crippen LogP contribution >= 0.6 is 0 Å². The van der Waals surface area contributed by atoms with Crippen LogP contribution in [0.3, 0.4) is 0 Å². The van der Waals surface area contributed by atoms with Crippen molar-refractivity contribution in [2.45, 2.75) is 37.1 Å². The van der Waals surface area contributed by atoms with E-state index in [9.17, 15) is 18.0 Å². The molecule has 4 rings (SSSR count). The fourth-order valence-corrected chi connectivity index (χ4v) is 5.74. The molecule has 0 unspecified atom stereocenters. The van der Waals surface area contributed by atoms with E-state index >= 15 is 0 Å². The van der Waals surface area contributed by atoms with Gasteiger partial charge in [0.05, 0.1) is 22.4 Å². The van der Waals surface area contributed by atoms with E-state index < -0.39 is 21.5 Å². The van der Waals surface area contributed by atoms with Crippen molar-refractivity contribution < 1.29 is 23.2 Å². The minimum absolute atomic E-state index is 0.0432. The molecule has 1 aliphatic rings. The van der Waals surface area contributed by atoms with Crippen molar-refractivity contribution in [3.8, 4) is 0 Å². The van der Waals surface area contributed by atoms with Gasteiger partial charge in [-0.05, 0) is 48.7 Å². The fraction of sp³-hybridized carbons (Fsp3) is 0.292. The van der Waals surface area contributed by atoms with Crippen molar-refractivity contribution in [1.29, 1.82) is 0 Å². The molecule has 10 heteroatoms. The molecule has 1 aliphatic heterocycles. The second kappa shape index (κ2) is 9.13.